The average molecular weight is 445 g/mol. The zero-order chi connectivity index (χ0) is 10.1. The molecule has 78 valence electrons. The largest absolute Gasteiger partial charge is 0.300 e. The Kier molecular flexibility index (Phi) is 3.40. The first-order valence-electron chi connectivity index (χ1n) is 3.73. The summed E-state index contributed by atoms with van der Waals surface area (Å²) in [5.41, 5.74) is 0.876. The van der Waals surface area contributed by atoms with Gasteiger partial charge in [0, 0.05) is 6.26 Å². The molecule has 0 fully saturated rings. The monoisotopic (exact) mass is 443 g/mol. The van der Waals surface area contributed by atoms with Crippen LogP contribution in [0.3, 0.4) is 0 Å². The standard InChI is InChI=1S/C8H9BNO2S.Cf/c1-6(13(2,11)12)8-4-3-7(9)5-10-8;/h3,5-6H,1-2H3;/q-1;. The van der Waals surface area contributed by atoms with Crippen LogP contribution in [0.25, 0.3) is 0 Å². The molecule has 1 aromatic heterocycles. The maximum atomic E-state index is 11.1. The summed E-state index contributed by atoms with van der Waals surface area (Å²) in [6.07, 6.45) is 2.59. The first-order chi connectivity index (χ1) is 5.91. The van der Waals surface area contributed by atoms with Crippen molar-refractivity contribution < 1.29 is 8.42 Å². The molecular weight excluding hydrogens is 436 g/mol. The second-order valence-electron chi connectivity index (χ2n) is 2.90. The van der Waals surface area contributed by atoms with Crippen LogP contribution in [-0.4, -0.2) is 27.5 Å². The van der Waals surface area contributed by atoms with Crippen molar-refractivity contribution in [2.45, 2.75) is 12.2 Å². The molecule has 0 N–H and O–H groups in total. The van der Waals surface area contributed by atoms with Gasteiger partial charge in [0.05, 0.1) is 5.25 Å². The van der Waals surface area contributed by atoms with Gasteiger partial charge in [-0.05, 0) is 20.5 Å². The second-order valence-corrected chi connectivity index (χ2v) is 5.27. The van der Waals surface area contributed by atoms with Gasteiger partial charge in [-0.1, -0.05) is 6.20 Å². The van der Waals surface area contributed by atoms with E-state index in [2.05, 4.69) is 11.1 Å². The SMILES string of the molecule is [B]c1c[c-]c(C(C)S(C)(=O)=O)nc1.[Cf]. The van der Waals surface area contributed by atoms with Gasteiger partial charge in [-0.15, -0.1) is 0 Å². The summed E-state index contributed by atoms with van der Waals surface area (Å²) in [7, 11) is 2.29. The number of rotatable bonds is 2. The molecule has 1 heterocycles. The van der Waals surface area contributed by atoms with Gasteiger partial charge < -0.3 is 0 Å². The van der Waals surface area contributed by atoms with E-state index in [1.54, 1.807) is 6.92 Å². The quantitative estimate of drug-likeness (QED) is 0.468. The number of hydrogen-bond acceptors (Lipinski definition) is 3. The molecule has 14 heavy (non-hydrogen) atoms. The Balaban J connectivity index is 0.00000169. The molecule has 0 aliphatic heterocycles. The summed E-state index contributed by atoms with van der Waals surface area (Å²) in [5, 5.41) is -0.631. The van der Waals surface area contributed by atoms with Gasteiger partial charge in [0.25, 0.3) is 0 Å². The van der Waals surface area contributed by atoms with Gasteiger partial charge in [0.1, 0.15) is 0 Å². The fourth-order valence-corrected chi connectivity index (χ4v) is 1.34. The Morgan fingerprint density at radius 1 is 1.57 bits per heavy atom. The molecule has 0 saturated carbocycles. The summed E-state index contributed by atoms with van der Waals surface area (Å²) >= 11 is 0. The molecule has 0 aliphatic rings. The first-order valence-corrected chi connectivity index (χ1v) is 5.68. The van der Waals surface area contributed by atoms with Crippen molar-refractivity contribution >= 4 is 23.1 Å². The summed E-state index contributed by atoms with van der Waals surface area (Å²) in [5.74, 6) is 0. The molecule has 1 rings (SSSR count). The van der Waals surface area contributed by atoms with E-state index >= 15 is 0 Å². The molecule has 0 aliphatic carbocycles. The second kappa shape index (κ2) is 3.92. The van der Waals surface area contributed by atoms with Crippen molar-refractivity contribution in [2.24, 2.45) is 0 Å². The molecule has 0 spiro atoms. The summed E-state index contributed by atoms with van der Waals surface area (Å²) in [6.45, 7) is 1.57. The Labute approximate surface area is 79.5 Å². The van der Waals surface area contributed by atoms with Crippen molar-refractivity contribution in [3.05, 3.63) is 24.0 Å². The van der Waals surface area contributed by atoms with Crippen molar-refractivity contribution in [3.63, 3.8) is 0 Å². The molecule has 1 atom stereocenters. The molecule has 1 unspecified atom stereocenters. The van der Waals surface area contributed by atoms with Crippen LogP contribution in [0.4, 0.5) is 0 Å². The minimum atomic E-state index is -3.10. The number of nitrogens with zero attached hydrogens (tertiary/aromatic N) is 1. The summed E-state index contributed by atoms with van der Waals surface area (Å²) < 4.78 is 22.3. The third-order valence-corrected chi connectivity index (χ3v) is 3.27. The number of hydrogen-bond donors (Lipinski definition) is 0. The molecule has 0 amide bonds. The fourth-order valence-electron chi connectivity index (χ4n) is 0.801. The van der Waals surface area contributed by atoms with E-state index in [1.165, 1.54) is 18.5 Å². The maximum Gasteiger partial charge on any atom is 0.154 e. The first kappa shape index (κ1) is 12.2. The van der Waals surface area contributed by atoms with E-state index in [9.17, 15) is 8.42 Å². The Morgan fingerprint density at radius 3 is 2.50 bits per heavy atom. The average Bonchev–Trinajstić information content (AvgIpc) is 2.03. The van der Waals surface area contributed by atoms with Gasteiger partial charge in [-0.3, -0.25) is 4.98 Å². The van der Waals surface area contributed by atoms with Crippen molar-refractivity contribution in [3.8, 4) is 0 Å². The van der Waals surface area contributed by atoms with Crippen LogP contribution in [0.5, 0.6) is 0 Å². The van der Waals surface area contributed by atoms with E-state index in [-0.39, 0.29) is 0 Å². The van der Waals surface area contributed by atoms with Gasteiger partial charge >= 0.3 is 0 Å². The third kappa shape index (κ3) is 2.59. The minimum absolute atomic E-state index is 0. The van der Waals surface area contributed by atoms with Crippen LogP contribution in [-0.2, 0) is 9.84 Å². The van der Waals surface area contributed by atoms with Crippen molar-refractivity contribution in [1.82, 2.24) is 4.98 Å². The zero-order valence-corrected chi connectivity index (χ0v) is 11.2. The van der Waals surface area contributed by atoms with Gasteiger partial charge in [0.15, 0.2) is 9.84 Å². The Hall–Kier alpha value is -1.84. The molecule has 2 radical (unpaired) electrons. The normalized spacial score (nSPS) is 13.0. The topological polar surface area (TPSA) is 47.0 Å². The molecule has 6 heteroatoms. The Morgan fingerprint density at radius 2 is 2.14 bits per heavy atom. The van der Waals surface area contributed by atoms with Crippen LogP contribution >= 0.6 is 0 Å². The van der Waals surface area contributed by atoms with Crippen LogP contribution in [0.15, 0.2) is 12.3 Å². The fraction of sp³-hybridized carbons (Fsp3) is 0.375. The number of pyridine rings is 1. The third-order valence-electron chi connectivity index (χ3n) is 1.77. The van der Waals surface area contributed by atoms with Crippen molar-refractivity contribution in [1.29, 1.82) is 0 Å². The van der Waals surface area contributed by atoms with Crippen LogP contribution in [0, 0.1) is 6.07 Å². The van der Waals surface area contributed by atoms with E-state index in [0.29, 0.717) is 11.2 Å². The number of aromatic nitrogens is 1. The molecular formula is C8H9BCfNO2S-. The molecule has 0 aromatic carbocycles. The Bertz CT molecular complexity index is 390. The van der Waals surface area contributed by atoms with E-state index < -0.39 is 15.1 Å². The van der Waals surface area contributed by atoms with Gasteiger partial charge in [-0.2, -0.15) is 0 Å². The van der Waals surface area contributed by atoms with Crippen LogP contribution < -0.4 is 5.46 Å². The predicted molar refractivity (Wildman–Crippen MR) is 51.7 cm³/mol. The van der Waals surface area contributed by atoms with Crippen LogP contribution in [0.1, 0.15) is 17.9 Å². The maximum absolute atomic E-state index is 11.1. The molecule has 0 bridgehead atoms. The van der Waals surface area contributed by atoms with E-state index in [1.807, 2.05) is 0 Å². The molecule has 3 nitrogen and oxygen atoms in total. The van der Waals surface area contributed by atoms with Crippen molar-refractivity contribution in [2.75, 3.05) is 6.26 Å². The summed E-state index contributed by atoms with van der Waals surface area (Å²) in [4.78, 5) is 3.88. The van der Waals surface area contributed by atoms with E-state index in [4.69, 9.17) is 7.85 Å². The number of sulfone groups is 1. The van der Waals surface area contributed by atoms with Crippen LogP contribution in [0.2, 0.25) is 0 Å². The smallest absolute Gasteiger partial charge is 0.154 e. The summed E-state index contributed by atoms with van der Waals surface area (Å²) in [6, 6.07) is 4.25. The molecule has 1 aromatic rings. The predicted octanol–water partition coefficient (Wildman–Crippen LogP) is -0.219. The zero-order valence-electron chi connectivity index (χ0n) is 7.80. The van der Waals surface area contributed by atoms with E-state index in [0.717, 1.165) is 0 Å². The molecule has 0 saturated heterocycles. The minimum Gasteiger partial charge on any atom is -0.300 e. The van der Waals surface area contributed by atoms with Gasteiger partial charge in [-0.25, -0.2) is 26.0 Å². The van der Waals surface area contributed by atoms with Gasteiger partial charge in [0.2, 0.25) is 0 Å².